The number of halogens is 1. The van der Waals surface area contributed by atoms with Gasteiger partial charge in [-0.2, -0.15) is 0 Å². The number of methoxy groups -OCH3 is 1. The van der Waals surface area contributed by atoms with Gasteiger partial charge in [0.2, 0.25) is 0 Å². The second kappa shape index (κ2) is 5.32. The highest BCUT2D eigenvalue weighted by Crippen LogP contribution is 2.35. The molecule has 1 aromatic rings. The molecule has 104 valence electrons. The van der Waals surface area contributed by atoms with Crippen molar-refractivity contribution < 1.29 is 14.2 Å². The summed E-state index contributed by atoms with van der Waals surface area (Å²) in [6, 6.07) is 0. The lowest BCUT2D eigenvalue weighted by Crippen LogP contribution is -2.38. The number of hydrogen-bond donors (Lipinski definition) is 0. The third-order valence-corrected chi connectivity index (χ3v) is 4.18. The van der Waals surface area contributed by atoms with Crippen LogP contribution in [-0.2, 0) is 32.8 Å². The Morgan fingerprint density at radius 3 is 2.68 bits per heavy atom. The standard InChI is InChI=1S/C13H17ClN2O3/c1-17-13(3-6-18-7-4-13)12-15-10-2-5-19-8-9(10)11(14)16-12/h2-8H2,1H3. The van der Waals surface area contributed by atoms with Crippen molar-refractivity contribution in [2.45, 2.75) is 31.5 Å². The van der Waals surface area contributed by atoms with E-state index in [0.29, 0.717) is 37.4 Å². The molecular formula is C13H17ClN2O3. The minimum absolute atomic E-state index is 0.463. The molecule has 1 aromatic heterocycles. The van der Waals surface area contributed by atoms with Crippen molar-refractivity contribution in [3.8, 4) is 0 Å². The summed E-state index contributed by atoms with van der Waals surface area (Å²) in [5.41, 5.74) is 1.44. The molecule has 3 heterocycles. The van der Waals surface area contributed by atoms with Gasteiger partial charge in [-0.25, -0.2) is 9.97 Å². The van der Waals surface area contributed by atoms with Crippen LogP contribution in [0.15, 0.2) is 0 Å². The lowest BCUT2D eigenvalue weighted by atomic mass is 9.92. The van der Waals surface area contributed by atoms with Crippen LogP contribution in [-0.4, -0.2) is 36.9 Å². The zero-order valence-electron chi connectivity index (χ0n) is 10.9. The molecule has 1 saturated heterocycles. The van der Waals surface area contributed by atoms with Gasteiger partial charge in [-0.3, -0.25) is 0 Å². The topological polar surface area (TPSA) is 53.5 Å². The molecule has 0 bridgehead atoms. The van der Waals surface area contributed by atoms with Gasteiger partial charge in [0.25, 0.3) is 0 Å². The van der Waals surface area contributed by atoms with Gasteiger partial charge in [-0.1, -0.05) is 11.6 Å². The number of hydrogen-bond acceptors (Lipinski definition) is 5. The minimum Gasteiger partial charge on any atom is -0.381 e. The molecule has 0 N–H and O–H groups in total. The number of rotatable bonds is 2. The van der Waals surface area contributed by atoms with Gasteiger partial charge in [0.15, 0.2) is 5.82 Å². The van der Waals surface area contributed by atoms with Crippen LogP contribution in [0.3, 0.4) is 0 Å². The van der Waals surface area contributed by atoms with Gasteiger partial charge in [-0.05, 0) is 0 Å². The molecule has 0 unspecified atom stereocenters. The van der Waals surface area contributed by atoms with E-state index in [-0.39, 0.29) is 0 Å². The molecule has 0 atom stereocenters. The van der Waals surface area contributed by atoms with Crippen LogP contribution in [0.2, 0.25) is 5.15 Å². The van der Waals surface area contributed by atoms with Crippen molar-refractivity contribution >= 4 is 11.6 Å². The van der Waals surface area contributed by atoms with Gasteiger partial charge in [0, 0.05) is 45.1 Å². The Balaban J connectivity index is 2.02. The highest BCUT2D eigenvalue weighted by Gasteiger charge is 2.38. The first-order valence-corrected chi connectivity index (χ1v) is 6.89. The normalized spacial score (nSPS) is 22.0. The third-order valence-electron chi connectivity index (χ3n) is 3.87. The Hall–Kier alpha value is -0.750. The maximum absolute atomic E-state index is 6.27. The van der Waals surface area contributed by atoms with E-state index in [1.54, 1.807) is 7.11 Å². The first-order chi connectivity index (χ1) is 9.25. The molecule has 0 amide bonds. The highest BCUT2D eigenvalue weighted by atomic mass is 35.5. The molecule has 0 saturated carbocycles. The second-order valence-corrected chi connectivity index (χ2v) is 5.23. The quantitative estimate of drug-likeness (QED) is 0.776. The molecule has 2 aliphatic rings. The lowest BCUT2D eigenvalue weighted by molar-refractivity contribution is -0.100. The van der Waals surface area contributed by atoms with Crippen molar-refractivity contribution in [3.63, 3.8) is 0 Å². The number of nitrogens with zero attached hydrogens (tertiary/aromatic N) is 2. The summed E-state index contributed by atoms with van der Waals surface area (Å²) in [4.78, 5) is 9.13. The van der Waals surface area contributed by atoms with Crippen molar-refractivity contribution in [2.75, 3.05) is 26.9 Å². The summed E-state index contributed by atoms with van der Waals surface area (Å²) >= 11 is 6.27. The molecule has 3 rings (SSSR count). The van der Waals surface area contributed by atoms with Crippen LogP contribution >= 0.6 is 11.6 Å². The summed E-state index contributed by atoms with van der Waals surface area (Å²) in [5.74, 6) is 0.684. The van der Waals surface area contributed by atoms with E-state index in [4.69, 9.17) is 25.8 Å². The van der Waals surface area contributed by atoms with Crippen LogP contribution < -0.4 is 0 Å². The second-order valence-electron chi connectivity index (χ2n) is 4.88. The van der Waals surface area contributed by atoms with E-state index in [1.165, 1.54) is 0 Å². The van der Waals surface area contributed by atoms with Gasteiger partial charge >= 0.3 is 0 Å². The molecule has 0 aliphatic carbocycles. The van der Waals surface area contributed by atoms with Gasteiger partial charge in [-0.15, -0.1) is 0 Å². The first kappa shape index (κ1) is 13.2. The summed E-state index contributed by atoms with van der Waals surface area (Å²) in [5, 5.41) is 0.489. The Morgan fingerprint density at radius 1 is 1.16 bits per heavy atom. The Labute approximate surface area is 117 Å². The van der Waals surface area contributed by atoms with Crippen molar-refractivity contribution in [3.05, 3.63) is 22.2 Å². The predicted octanol–water partition coefficient (Wildman–Crippen LogP) is 1.85. The maximum atomic E-state index is 6.27. The van der Waals surface area contributed by atoms with E-state index < -0.39 is 5.60 Å². The number of ether oxygens (including phenoxy) is 3. The third kappa shape index (κ3) is 2.36. The average molecular weight is 285 g/mol. The number of aromatic nitrogens is 2. The summed E-state index contributed by atoms with van der Waals surface area (Å²) in [6.45, 7) is 2.50. The molecule has 19 heavy (non-hydrogen) atoms. The molecular weight excluding hydrogens is 268 g/mol. The highest BCUT2D eigenvalue weighted by molar-refractivity contribution is 6.30. The zero-order chi connectivity index (χ0) is 13.3. The van der Waals surface area contributed by atoms with Crippen LogP contribution in [0, 0.1) is 0 Å². The minimum atomic E-state index is -0.463. The lowest BCUT2D eigenvalue weighted by Gasteiger charge is -2.35. The van der Waals surface area contributed by atoms with Gasteiger partial charge in [0.05, 0.1) is 18.9 Å². The molecule has 6 heteroatoms. The SMILES string of the molecule is COC1(c2nc(Cl)c3c(n2)CCOC3)CCOCC1. The first-order valence-electron chi connectivity index (χ1n) is 6.51. The van der Waals surface area contributed by atoms with E-state index in [0.717, 1.165) is 30.5 Å². The van der Waals surface area contributed by atoms with Gasteiger partial charge < -0.3 is 14.2 Å². The zero-order valence-corrected chi connectivity index (χ0v) is 11.7. The van der Waals surface area contributed by atoms with Crippen molar-refractivity contribution in [1.29, 1.82) is 0 Å². The Morgan fingerprint density at radius 2 is 1.95 bits per heavy atom. The predicted molar refractivity (Wildman–Crippen MR) is 69.1 cm³/mol. The van der Waals surface area contributed by atoms with Gasteiger partial charge in [0.1, 0.15) is 10.8 Å². The van der Waals surface area contributed by atoms with Crippen LogP contribution in [0.5, 0.6) is 0 Å². The Kier molecular flexibility index (Phi) is 3.71. The van der Waals surface area contributed by atoms with E-state index in [1.807, 2.05) is 0 Å². The van der Waals surface area contributed by atoms with E-state index >= 15 is 0 Å². The summed E-state index contributed by atoms with van der Waals surface area (Å²) < 4.78 is 16.5. The molecule has 2 aliphatic heterocycles. The van der Waals surface area contributed by atoms with Crippen LogP contribution in [0.4, 0.5) is 0 Å². The summed E-state index contributed by atoms with van der Waals surface area (Å²) in [6.07, 6.45) is 2.30. The van der Waals surface area contributed by atoms with Crippen molar-refractivity contribution in [1.82, 2.24) is 9.97 Å². The fraction of sp³-hybridized carbons (Fsp3) is 0.692. The maximum Gasteiger partial charge on any atom is 0.162 e. The molecule has 0 radical (unpaired) electrons. The monoisotopic (exact) mass is 284 g/mol. The van der Waals surface area contributed by atoms with E-state index in [9.17, 15) is 0 Å². The molecule has 5 nitrogen and oxygen atoms in total. The fourth-order valence-corrected chi connectivity index (χ4v) is 2.86. The summed E-state index contributed by atoms with van der Waals surface area (Å²) in [7, 11) is 1.70. The van der Waals surface area contributed by atoms with Crippen LogP contribution in [0.25, 0.3) is 0 Å². The fourth-order valence-electron chi connectivity index (χ4n) is 2.62. The molecule has 1 fully saturated rings. The van der Waals surface area contributed by atoms with E-state index in [2.05, 4.69) is 9.97 Å². The molecule has 0 aromatic carbocycles. The largest absolute Gasteiger partial charge is 0.381 e. The number of fused-ring (bicyclic) bond motifs is 1. The average Bonchev–Trinajstić information content (AvgIpc) is 2.48. The van der Waals surface area contributed by atoms with Crippen molar-refractivity contribution in [2.24, 2.45) is 0 Å². The molecule has 0 spiro atoms. The van der Waals surface area contributed by atoms with Crippen LogP contribution in [0.1, 0.15) is 29.9 Å². The Bertz CT molecular complexity index is 475. The smallest absolute Gasteiger partial charge is 0.162 e.